The Labute approximate surface area is 190 Å². The number of fused-ring (bicyclic) bond motifs is 1. The van der Waals surface area contributed by atoms with E-state index in [9.17, 15) is 15.0 Å². The second-order valence-electron chi connectivity index (χ2n) is 7.48. The molecule has 9 nitrogen and oxygen atoms in total. The third-order valence-electron chi connectivity index (χ3n) is 5.26. The molecule has 1 aromatic heterocycles. The number of carbonyl (C=O) groups excluding carboxylic acids is 1. The summed E-state index contributed by atoms with van der Waals surface area (Å²) in [7, 11) is -2.84. The van der Waals surface area contributed by atoms with Crippen LogP contribution in [0.5, 0.6) is 11.8 Å². The number of carbonyl (C=O) groups is 1. The van der Waals surface area contributed by atoms with Gasteiger partial charge in [0.05, 0.1) is 12.2 Å². The third kappa shape index (κ3) is 5.26. The number of rotatable bonds is 14. The van der Waals surface area contributed by atoms with Crippen LogP contribution >= 0.6 is 0 Å². The molecule has 1 aliphatic heterocycles. The summed E-state index contributed by atoms with van der Waals surface area (Å²) in [4.78, 5) is 11.9. The van der Waals surface area contributed by atoms with Crippen molar-refractivity contribution in [1.82, 2.24) is 4.57 Å². The van der Waals surface area contributed by atoms with Gasteiger partial charge in [-0.3, -0.25) is 4.57 Å². The normalized spacial score (nSPS) is 17.9. The van der Waals surface area contributed by atoms with E-state index in [-0.39, 0.29) is 30.5 Å². The highest BCUT2D eigenvalue weighted by atomic mass is 28.4. The highest BCUT2D eigenvalue weighted by Gasteiger charge is 2.46. The maximum Gasteiger partial charge on any atom is 0.500 e. The Morgan fingerprint density at radius 1 is 1.19 bits per heavy atom. The van der Waals surface area contributed by atoms with Crippen LogP contribution in [0.15, 0.2) is 24.8 Å². The summed E-state index contributed by atoms with van der Waals surface area (Å²) < 4.78 is 30.1. The first-order valence-electron chi connectivity index (χ1n) is 10.9. The van der Waals surface area contributed by atoms with Crippen molar-refractivity contribution in [3.63, 3.8) is 0 Å². The zero-order chi connectivity index (χ0) is 23.9. The standard InChI is InChI=1S/C22H35NO8Si/c1-7-22(15-27-21(26)16(5)6)18-17(14-28-22)19(24)23(20(18)25)12-11-13-32(29-8-2,30-9-3)31-10-4/h7,24-25H,1,5,8-15H2,2-4,6H3. The van der Waals surface area contributed by atoms with Gasteiger partial charge in [0, 0.05) is 43.5 Å². The van der Waals surface area contributed by atoms with Crippen LogP contribution in [-0.4, -0.2) is 56.0 Å². The van der Waals surface area contributed by atoms with Gasteiger partial charge in [-0.15, -0.1) is 0 Å². The van der Waals surface area contributed by atoms with Crippen LogP contribution in [0.2, 0.25) is 6.04 Å². The Bertz CT molecular complexity index is 819. The summed E-state index contributed by atoms with van der Waals surface area (Å²) in [5.74, 6) is -0.822. The molecule has 0 bridgehead atoms. The predicted octanol–water partition coefficient (Wildman–Crippen LogP) is 3.37. The Hall–Kier alpha value is -2.11. The van der Waals surface area contributed by atoms with E-state index in [4.69, 9.17) is 22.8 Å². The van der Waals surface area contributed by atoms with Gasteiger partial charge >= 0.3 is 14.8 Å². The topological polar surface area (TPSA) is 109 Å². The predicted molar refractivity (Wildman–Crippen MR) is 120 cm³/mol. The lowest BCUT2D eigenvalue weighted by atomic mass is 9.96. The van der Waals surface area contributed by atoms with Crippen molar-refractivity contribution in [2.45, 2.75) is 58.9 Å². The average molecular weight is 470 g/mol. The van der Waals surface area contributed by atoms with Crippen LogP contribution in [0.3, 0.4) is 0 Å². The van der Waals surface area contributed by atoms with Crippen molar-refractivity contribution in [1.29, 1.82) is 0 Å². The maximum absolute atomic E-state index is 11.9. The van der Waals surface area contributed by atoms with Crippen molar-refractivity contribution >= 4 is 14.8 Å². The van der Waals surface area contributed by atoms with Gasteiger partial charge in [-0.1, -0.05) is 19.2 Å². The number of esters is 1. The van der Waals surface area contributed by atoms with Crippen molar-refractivity contribution in [3.8, 4) is 11.8 Å². The lowest BCUT2D eigenvalue weighted by Gasteiger charge is -2.28. The lowest BCUT2D eigenvalue weighted by molar-refractivity contribution is -0.147. The molecule has 10 heteroatoms. The highest BCUT2D eigenvalue weighted by molar-refractivity contribution is 6.60. The molecule has 2 N–H and O–H groups in total. The van der Waals surface area contributed by atoms with Crippen LogP contribution in [0.25, 0.3) is 0 Å². The van der Waals surface area contributed by atoms with E-state index in [1.165, 1.54) is 10.6 Å². The van der Waals surface area contributed by atoms with Crippen molar-refractivity contribution in [3.05, 3.63) is 35.9 Å². The van der Waals surface area contributed by atoms with Gasteiger partial charge in [0.25, 0.3) is 0 Å². The van der Waals surface area contributed by atoms with E-state index >= 15 is 0 Å². The first kappa shape index (κ1) is 26.1. The molecular weight excluding hydrogens is 434 g/mol. The number of aromatic hydroxyl groups is 2. The third-order valence-corrected chi connectivity index (χ3v) is 8.41. The highest BCUT2D eigenvalue weighted by Crippen LogP contribution is 2.49. The minimum absolute atomic E-state index is 0.0495. The molecule has 2 rings (SSSR count). The maximum atomic E-state index is 11.9. The molecule has 0 amide bonds. The summed E-state index contributed by atoms with van der Waals surface area (Å²) in [6.07, 6.45) is 2.01. The fourth-order valence-electron chi connectivity index (χ4n) is 3.80. The number of nitrogens with zero attached hydrogens (tertiary/aromatic N) is 1. The van der Waals surface area contributed by atoms with E-state index in [1.54, 1.807) is 6.92 Å². The van der Waals surface area contributed by atoms with Crippen molar-refractivity contribution in [2.75, 3.05) is 26.4 Å². The van der Waals surface area contributed by atoms with Gasteiger partial charge in [-0.2, -0.15) is 0 Å². The molecular formula is C22H35NO8Si. The molecule has 0 aliphatic carbocycles. The minimum atomic E-state index is -2.84. The molecule has 1 unspecified atom stereocenters. The van der Waals surface area contributed by atoms with Gasteiger partial charge < -0.3 is 33.0 Å². The molecule has 1 atom stereocenters. The number of ether oxygens (including phenoxy) is 2. The SMILES string of the molecule is C=CC1(COC(=O)C(=C)C)OCc2c1c(O)n(CCC[Si](OCC)(OCC)OCC)c2O. The smallest absolute Gasteiger partial charge is 0.494 e. The molecule has 0 fully saturated rings. The Morgan fingerprint density at radius 3 is 2.28 bits per heavy atom. The molecule has 1 aromatic rings. The van der Waals surface area contributed by atoms with Crippen molar-refractivity contribution in [2.24, 2.45) is 0 Å². The summed E-state index contributed by atoms with van der Waals surface area (Å²) >= 11 is 0. The molecule has 0 aromatic carbocycles. The van der Waals surface area contributed by atoms with E-state index in [0.717, 1.165) is 0 Å². The van der Waals surface area contributed by atoms with Crippen LogP contribution in [-0.2, 0) is 46.3 Å². The number of hydrogen-bond donors (Lipinski definition) is 2. The quantitative estimate of drug-likeness (QED) is 0.185. The lowest BCUT2D eigenvalue weighted by Crippen LogP contribution is -2.46. The zero-order valence-corrected chi connectivity index (χ0v) is 20.4. The second-order valence-corrected chi connectivity index (χ2v) is 10.2. The summed E-state index contributed by atoms with van der Waals surface area (Å²) in [6.45, 7) is 16.2. The first-order chi connectivity index (χ1) is 15.2. The largest absolute Gasteiger partial charge is 0.500 e. The van der Waals surface area contributed by atoms with E-state index in [0.29, 0.717) is 50.0 Å². The van der Waals surface area contributed by atoms with Gasteiger partial charge in [-0.05, 0) is 34.1 Å². The van der Waals surface area contributed by atoms with Crippen LogP contribution in [0, 0.1) is 0 Å². The molecule has 32 heavy (non-hydrogen) atoms. The first-order valence-corrected chi connectivity index (χ1v) is 12.8. The average Bonchev–Trinajstić information content (AvgIpc) is 3.25. The molecule has 0 radical (unpaired) electrons. The van der Waals surface area contributed by atoms with Gasteiger partial charge in [0.1, 0.15) is 6.61 Å². The fraction of sp³-hybridized carbons (Fsp3) is 0.591. The van der Waals surface area contributed by atoms with Crippen molar-refractivity contribution < 1.29 is 37.8 Å². The summed E-state index contributed by atoms with van der Waals surface area (Å²) in [5.41, 5.74) is -0.218. The molecule has 180 valence electrons. The Balaban J connectivity index is 2.22. The van der Waals surface area contributed by atoms with E-state index in [2.05, 4.69) is 13.2 Å². The summed E-state index contributed by atoms with van der Waals surface area (Å²) in [6, 6.07) is 0.531. The number of hydrogen-bond acceptors (Lipinski definition) is 8. The Morgan fingerprint density at radius 2 is 1.78 bits per heavy atom. The molecule has 0 saturated carbocycles. The van der Waals surface area contributed by atoms with E-state index < -0.39 is 20.4 Å². The van der Waals surface area contributed by atoms with E-state index in [1.807, 2.05) is 20.8 Å². The fourth-order valence-corrected chi connectivity index (χ4v) is 6.39. The van der Waals surface area contributed by atoms with Gasteiger partial charge in [0.15, 0.2) is 11.5 Å². The van der Waals surface area contributed by atoms with Crippen LogP contribution < -0.4 is 0 Å². The molecule has 0 spiro atoms. The minimum Gasteiger partial charge on any atom is -0.494 e. The molecule has 2 heterocycles. The molecule has 1 aliphatic rings. The number of aromatic nitrogens is 1. The van der Waals surface area contributed by atoms with Crippen LogP contribution in [0.1, 0.15) is 45.2 Å². The summed E-state index contributed by atoms with van der Waals surface area (Å²) in [5, 5.41) is 21.7. The Kier molecular flexibility index (Phi) is 9.11. The monoisotopic (exact) mass is 469 g/mol. The second kappa shape index (κ2) is 11.1. The molecule has 0 saturated heterocycles. The van der Waals surface area contributed by atoms with Crippen LogP contribution in [0.4, 0.5) is 0 Å². The van der Waals surface area contributed by atoms with Gasteiger partial charge in [0.2, 0.25) is 5.88 Å². The zero-order valence-electron chi connectivity index (χ0n) is 19.4. The van der Waals surface area contributed by atoms with Gasteiger partial charge in [-0.25, -0.2) is 4.79 Å².